The maximum Gasteiger partial charge on any atom is 0.322 e. The lowest BCUT2D eigenvalue weighted by molar-refractivity contribution is -0.145. The molecule has 1 atom stereocenters. The Labute approximate surface area is 87.0 Å². The number of carbonyl (C=O) groups excluding carboxylic acids is 1. The van der Waals surface area contributed by atoms with Crippen molar-refractivity contribution in [1.82, 2.24) is 0 Å². The van der Waals surface area contributed by atoms with Crippen LogP contribution >= 0.6 is 0 Å². The van der Waals surface area contributed by atoms with Crippen LogP contribution in [0.3, 0.4) is 0 Å². The molecular formula is C11H23NO2. The van der Waals surface area contributed by atoms with Crippen LogP contribution in [0.15, 0.2) is 0 Å². The minimum absolute atomic E-state index is 0.251. The van der Waals surface area contributed by atoms with Crippen LogP contribution in [0.2, 0.25) is 0 Å². The van der Waals surface area contributed by atoms with Crippen molar-refractivity contribution in [3.63, 3.8) is 0 Å². The number of nitrogens with two attached hydrogens (primary N) is 1. The van der Waals surface area contributed by atoms with Gasteiger partial charge in [0.2, 0.25) is 0 Å². The van der Waals surface area contributed by atoms with Gasteiger partial charge in [-0.15, -0.1) is 0 Å². The van der Waals surface area contributed by atoms with Gasteiger partial charge in [0.15, 0.2) is 0 Å². The van der Waals surface area contributed by atoms with Crippen LogP contribution in [0.5, 0.6) is 0 Å². The minimum Gasteiger partial charge on any atom is -0.465 e. The standard InChI is InChI=1S/C11H23NO2/c1-4-5-6-10(12)11(13)14-8-7-9(2)3/h9-10H,4-8,12H2,1-3H3/t10-/m0/s1. The molecule has 0 amide bonds. The molecule has 3 heteroatoms. The van der Waals surface area contributed by atoms with Gasteiger partial charge in [0.25, 0.3) is 0 Å². The average Bonchev–Trinajstić information content (AvgIpc) is 2.13. The molecule has 0 saturated heterocycles. The number of carbonyl (C=O) groups is 1. The highest BCUT2D eigenvalue weighted by Gasteiger charge is 2.13. The van der Waals surface area contributed by atoms with E-state index in [9.17, 15) is 4.79 Å². The number of ether oxygens (including phenoxy) is 1. The Kier molecular flexibility index (Phi) is 7.48. The fraction of sp³-hybridized carbons (Fsp3) is 0.909. The molecule has 3 nitrogen and oxygen atoms in total. The van der Waals surface area contributed by atoms with E-state index in [2.05, 4.69) is 20.8 Å². The van der Waals surface area contributed by atoms with Gasteiger partial charge in [0, 0.05) is 0 Å². The number of esters is 1. The van der Waals surface area contributed by atoms with E-state index in [4.69, 9.17) is 10.5 Å². The Balaban J connectivity index is 3.52. The Morgan fingerprint density at radius 3 is 2.50 bits per heavy atom. The Morgan fingerprint density at radius 2 is 2.00 bits per heavy atom. The monoisotopic (exact) mass is 201 g/mol. The molecule has 0 unspecified atom stereocenters. The van der Waals surface area contributed by atoms with E-state index < -0.39 is 6.04 Å². The number of hydrogen-bond acceptors (Lipinski definition) is 3. The van der Waals surface area contributed by atoms with Crippen LogP contribution in [0.4, 0.5) is 0 Å². The molecule has 2 N–H and O–H groups in total. The summed E-state index contributed by atoms with van der Waals surface area (Å²) in [5.41, 5.74) is 5.65. The molecule has 0 aliphatic carbocycles. The third-order valence-corrected chi connectivity index (χ3v) is 2.11. The number of unbranched alkanes of at least 4 members (excludes halogenated alkanes) is 1. The summed E-state index contributed by atoms with van der Waals surface area (Å²) < 4.78 is 5.05. The molecule has 14 heavy (non-hydrogen) atoms. The predicted molar refractivity (Wildman–Crippen MR) is 57.9 cm³/mol. The van der Waals surface area contributed by atoms with Crippen molar-refractivity contribution >= 4 is 5.97 Å². The highest BCUT2D eigenvalue weighted by atomic mass is 16.5. The van der Waals surface area contributed by atoms with Crippen molar-refractivity contribution in [3.8, 4) is 0 Å². The van der Waals surface area contributed by atoms with E-state index in [0.29, 0.717) is 12.5 Å². The van der Waals surface area contributed by atoms with Crippen molar-refractivity contribution in [2.45, 2.75) is 52.5 Å². The number of hydrogen-bond donors (Lipinski definition) is 1. The molecule has 0 bridgehead atoms. The Hall–Kier alpha value is -0.570. The summed E-state index contributed by atoms with van der Waals surface area (Å²) in [4.78, 5) is 11.3. The second kappa shape index (κ2) is 7.80. The van der Waals surface area contributed by atoms with E-state index in [-0.39, 0.29) is 5.97 Å². The molecule has 0 rings (SSSR count). The third kappa shape index (κ3) is 6.89. The highest BCUT2D eigenvalue weighted by Crippen LogP contribution is 2.03. The highest BCUT2D eigenvalue weighted by molar-refractivity contribution is 5.75. The van der Waals surface area contributed by atoms with Crippen LogP contribution in [-0.4, -0.2) is 18.6 Å². The average molecular weight is 201 g/mol. The fourth-order valence-electron chi connectivity index (χ4n) is 1.04. The van der Waals surface area contributed by atoms with Crippen LogP contribution in [0, 0.1) is 5.92 Å². The maximum absolute atomic E-state index is 11.3. The molecule has 0 aromatic carbocycles. The molecule has 0 radical (unpaired) electrons. The van der Waals surface area contributed by atoms with E-state index in [1.165, 1.54) is 0 Å². The first kappa shape index (κ1) is 13.4. The maximum atomic E-state index is 11.3. The SMILES string of the molecule is CCCC[C@H](N)C(=O)OCCC(C)C. The molecular weight excluding hydrogens is 178 g/mol. The van der Waals surface area contributed by atoms with Crippen molar-refractivity contribution in [2.75, 3.05) is 6.61 Å². The summed E-state index contributed by atoms with van der Waals surface area (Å²) in [5, 5.41) is 0. The van der Waals surface area contributed by atoms with Crippen LogP contribution in [0.1, 0.15) is 46.5 Å². The quantitative estimate of drug-likeness (QED) is 0.642. The van der Waals surface area contributed by atoms with Gasteiger partial charge in [0.1, 0.15) is 6.04 Å². The normalized spacial score (nSPS) is 12.9. The Bertz CT molecular complexity index is 157. The summed E-state index contributed by atoms with van der Waals surface area (Å²) in [5.74, 6) is 0.314. The van der Waals surface area contributed by atoms with Crippen molar-refractivity contribution in [3.05, 3.63) is 0 Å². The first-order valence-corrected chi connectivity index (χ1v) is 5.50. The third-order valence-electron chi connectivity index (χ3n) is 2.11. The first-order chi connectivity index (χ1) is 6.57. The lowest BCUT2D eigenvalue weighted by Crippen LogP contribution is -2.32. The van der Waals surface area contributed by atoms with Gasteiger partial charge < -0.3 is 10.5 Å². The van der Waals surface area contributed by atoms with E-state index in [1.807, 2.05) is 0 Å². The predicted octanol–water partition coefficient (Wildman–Crippen LogP) is 2.09. The fourth-order valence-corrected chi connectivity index (χ4v) is 1.04. The molecule has 84 valence electrons. The largest absolute Gasteiger partial charge is 0.465 e. The lowest BCUT2D eigenvalue weighted by Gasteiger charge is -2.11. The zero-order valence-electron chi connectivity index (χ0n) is 9.58. The van der Waals surface area contributed by atoms with Gasteiger partial charge in [-0.25, -0.2) is 0 Å². The van der Waals surface area contributed by atoms with Crippen molar-refractivity contribution < 1.29 is 9.53 Å². The van der Waals surface area contributed by atoms with Gasteiger partial charge in [-0.3, -0.25) is 4.79 Å². The topological polar surface area (TPSA) is 52.3 Å². The number of rotatable bonds is 7. The summed E-state index contributed by atoms with van der Waals surface area (Å²) in [6.45, 7) is 6.78. The molecule has 0 fully saturated rings. The second-order valence-corrected chi connectivity index (χ2v) is 4.10. The molecule has 0 aromatic heterocycles. The zero-order valence-corrected chi connectivity index (χ0v) is 9.58. The lowest BCUT2D eigenvalue weighted by atomic mass is 10.1. The summed E-state index contributed by atoms with van der Waals surface area (Å²) in [6, 6.07) is -0.429. The minimum atomic E-state index is -0.429. The summed E-state index contributed by atoms with van der Waals surface area (Å²) in [6.07, 6.45) is 3.69. The molecule has 0 spiro atoms. The summed E-state index contributed by atoms with van der Waals surface area (Å²) >= 11 is 0. The Morgan fingerprint density at radius 1 is 1.36 bits per heavy atom. The van der Waals surface area contributed by atoms with Gasteiger partial charge in [-0.1, -0.05) is 33.6 Å². The van der Waals surface area contributed by atoms with Crippen LogP contribution in [0.25, 0.3) is 0 Å². The van der Waals surface area contributed by atoms with Crippen molar-refractivity contribution in [2.24, 2.45) is 11.7 Å². The van der Waals surface area contributed by atoms with Gasteiger partial charge in [-0.2, -0.15) is 0 Å². The zero-order chi connectivity index (χ0) is 11.0. The van der Waals surface area contributed by atoms with Gasteiger partial charge >= 0.3 is 5.97 Å². The van der Waals surface area contributed by atoms with E-state index in [0.717, 1.165) is 25.7 Å². The summed E-state index contributed by atoms with van der Waals surface area (Å²) in [7, 11) is 0. The smallest absolute Gasteiger partial charge is 0.322 e. The second-order valence-electron chi connectivity index (χ2n) is 4.10. The van der Waals surface area contributed by atoms with Crippen LogP contribution in [-0.2, 0) is 9.53 Å². The van der Waals surface area contributed by atoms with Gasteiger partial charge in [-0.05, 0) is 18.8 Å². The molecule has 0 aliphatic rings. The molecule has 0 aliphatic heterocycles. The molecule has 0 heterocycles. The van der Waals surface area contributed by atoms with Crippen molar-refractivity contribution in [1.29, 1.82) is 0 Å². The molecule has 0 aromatic rings. The van der Waals surface area contributed by atoms with E-state index in [1.54, 1.807) is 0 Å². The molecule has 0 saturated carbocycles. The van der Waals surface area contributed by atoms with Gasteiger partial charge in [0.05, 0.1) is 6.61 Å². The van der Waals surface area contributed by atoms with E-state index >= 15 is 0 Å². The first-order valence-electron chi connectivity index (χ1n) is 5.50. The van der Waals surface area contributed by atoms with Crippen LogP contribution < -0.4 is 5.73 Å².